The van der Waals surface area contributed by atoms with Crippen molar-refractivity contribution in [1.29, 1.82) is 0 Å². The summed E-state index contributed by atoms with van der Waals surface area (Å²) in [6.07, 6.45) is 2.26. The van der Waals surface area contributed by atoms with E-state index in [1.54, 1.807) is 12.1 Å². The van der Waals surface area contributed by atoms with Gasteiger partial charge in [0.15, 0.2) is 5.13 Å². The number of nitrogens with one attached hydrogen (secondary N) is 1. The highest BCUT2D eigenvalue weighted by atomic mass is 79.9. The maximum absolute atomic E-state index is 12.4. The summed E-state index contributed by atoms with van der Waals surface area (Å²) in [5.41, 5.74) is 1.61. The molecule has 21 heavy (non-hydrogen) atoms. The fourth-order valence-corrected chi connectivity index (χ4v) is 5.10. The van der Waals surface area contributed by atoms with E-state index in [1.807, 2.05) is 5.38 Å². The van der Waals surface area contributed by atoms with Crippen molar-refractivity contribution in [2.45, 2.75) is 30.3 Å². The van der Waals surface area contributed by atoms with Gasteiger partial charge in [-0.15, -0.1) is 11.3 Å². The molecule has 1 fully saturated rings. The van der Waals surface area contributed by atoms with Crippen LogP contribution in [-0.4, -0.2) is 18.5 Å². The van der Waals surface area contributed by atoms with Crippen LogP contribution in [0.25, 0.3) is 0 Å². The van der Waals surface area contributed by atoms with Crippen LogP contribution in [0.4, 0.5) is 5.13 Å². The summed E-state index contributed by atoms with van der Waals surface area (Å²) >= 11 is 4.52. The van der Waals surface area contributed by atoms with Gasteiger partial charge in [-0.1, -0.05) is 6.07 Å². The molecule has 112 valence electrons. The molecule has 1 saturated carbocycles. The first-order chi connectivity index (χ1) is 9.99. The predicted octanol–water partition coefficient (Wildman–Crippen LogP) is 3.08. The van der Waals surface area contributed by atoms with Crippen LogP contribution >= 0.6 is 27.3 Å². The number of nitrogens with zero attached hydrogens (tertiary/aromatic N) is 1. The van der Waals surface area contributed by atoms with Crippen LogP contribution in [0.3, 0.4) is 0 Å². The van der Waals surface area contributed by atoms with Crippen molar-refractivity contribution in [2.75, 3.05) is 4.72 Å². The van der Waals surface area contributed by atoms with E-state index in [1.165, 1.54) is 17.4 Å². The van der Waals surface area contributed by atoms with Gasteiger partial charge in [0.2, 0.25) is 0 Å². The average Bonchev–Trinajstić information content (AvgIpc) is 3.19. The molecule has 1 aliphatic carbocycles. The smallest absolute Gasteiger partial charge is 0.264 e. The quantitative estimate of drug-likeness (QED) is 0.824. The monoisotopic (exact) mass is 388 g/mol. The van der Waals surface area contributed by atoms with Crippen LogP contribution in [-0.2, 0) is 16.6 Å². The van der Waals surface area contributed by atoms with Gasteiger partial charge in [0, 0.05) is 15.8 Å². The Morgan fingerprint density at radius 1 is 1.43 bits per heavy atom. The Labute approximate surface area is 135 Å². The van der Waals surface area contributed by atoms with Gasteiger partial charge in [-0.05, 0) is 46.5 Å². The zero-order valence-electron chi connectivity index (χ0n) is 10.9. The third kappa shape index (κ3) is 3.28. The summed E-state index contributed by atoms with van der Waals surface area (Å²) in [6.45, 7) is -0.135. The molecular weight excluding hydrogens is 376 g/mol. The van der Waals surface area contributed by atoms with Gasteiger partial charge >= 0.3 is 0 Å². The number of sulfonamides is 1. The number of rotatable bonds is 5. The van der Waals surface area contributed by atoms with Gasteiger partial charge in [0.1, 0.15) is 4.90 Å². The molecule has 0 bridgehead atoms. The van der Waals surface area contributed by atoms with Crippen LogP contribution in [0.15, 0.2) is 32.9 Å². The van der Waals surface area contributed by atoms with E-state index in [9.17, 15) is 8.42 Å². The molecular formula is C13H13BrN2O3S2. The van der Waals surface area contributed by atoms with Gasteiger partial charge < -0.3 is 5.11 Å². The van der Waals surface area contributed by atoms with E-state index < -0.39 is 10.0 Å². The van der Waals surface area contributed by atoms with E-state index in [0.29, 0.717) is 21.1 Å². The largest absolute Gasteiger partial charge is 0.392 e. The third-order valence-corrected chi connectivity index (χ3v) is 6.43. The Morgan fingerprint density at radius 2 is 2.19 bits per heavy atom. The van der Waals surface area contributed by atoms with Crippen LogP contribution in [0.5, 0.6) is 0 Å². The Kier molecular flexibility index (Phi) is 4.04. The lowest BCUT2D eigenvalue weighted by molar-refractivity contribution is 0.281. The van der Waals surface area contributed by atoms with E-state index in [0.717, 1.165) is 18.5 Å². The molecule has 0 amide bonds. The lowest BCUT2D eigenvalue weighted by Crippen LogP contribution is -2.13. The second-order valence-electron chi connectivity index (χ2n) is 4.88. The van der Waals surface area contributed by atoms with Crippen molar-refractivity contribution >= 4 is 42.4 Å². The first-order valence-corrected chi connectivity index (χ1v) is 9.53. The van der Waals surface area contributed by atoms with Crippen molar-refractivity contribution in [3.8, 4) is 0 Å². The lowest BCUT2D eigenvalue weighted by atomic mass is 10.2. The third-order valence-electron chi connectivity index (χ3n) is 3.21. The molecule has 0 saturated heterocycles. The number of anilines is 1. The molecule has 0 aliphatic heterocycles. The molecule has 8 heteroatoms. The topological polar surface area (TPSA) is 79.3 Å². The minimum absolute atomic E-state index is 0.128. The van der Waals surface area contributed by atoms with Crippen LogP contribution in [0.1, 0.15) is 30.0 Å². The fraction of sp³-hybridized carbons (Fsp3) is 0.308. The Balaban J connectivity index is 1.85. The van der Waals surface area contributed by atoms with Crippen LogP contribution in [0, 0.1) is 0 Å². The van der Waals surface area contributed by atoms with Crippen molar-refractivity contribution < 1.29 is 13.5 Å². The first-order valence-electron chi connectivity index (χ1n) is 6.37. The lowest BCUT2D eigenvalue weighted by Gasteiger charge is -2.08. The molecule has 1 aromatic carbocycles. The fourth-order valence-electron chi connectivity index (χ4n) is 1.93. The van der Waals surface area contributed by atoms with Gasteiger partial charge in [-0.3, -0.25) is 4.72 Å². The Bertz CT molecular complexity index is 769. The molecule has 1 heterocycles. The van der Waals surface area contributed by atoms with Crippen molar-refractivity contribution in [3.63, 3.8) is 0 Å². The zero-order valence-corrected chi connectivity index (χ0v) is 14.1. The summed E-state index contributed by atoms with van der Waals surface area (Å²) in [6, 6.07) is 4.64. The maximum atomic E-state index is 12.4. The second kappa shape index (κ2) is 5.68. The minimum atomic E-state index is -3.69. The van der Waals surface area contributed by atoms with Crippen molar-refractivity contribution in [3.05, 3.63) is 39.3 Å². The molecule has 1 aliphatic rings. The van der Waals surface area contributed by atoms with E-state index >= 15 is 0 Å². The number of aromatic nitrogens is 1. The number of halogens is 1. The number of hydrogen-bond donors (Lipinski definition) is 2. The number of aliphatic hydroxyl groups is 1. The molecule has 5 nitrogen and oxygen atoms in total. The number of hydrogen-bond acceptors (Lipinski definition) is 5. The van der Waals surface area contributed by atoms with E-state index in [-0.39, 0.29) is 11.5 Å². The van der Waals surface area contributed by atoms with E-state index in [2.05, 4.69) is 25.6 Å². The number of aliphatic hydroxyl groups excluding tert-OH is 1. The highest BCUT2D eigenvalue weighted by Gasteiger charge is 2.27. The van der Waals surface area contributed by atoms with Crippen LogP contribution in [0.2, 0.25) is 0 Å². The number of benzene rings is 1. The van der Waals surface area contributed by atoms with Gasteiger partial charge in [0.05, 0.1) is 12.3 Å². The normalized spacial score (nSPS) is 15.1. The molecule has 1 aromatic heterocycles. The molecule has 2 aromatic rings. The van der Waals surface area contributed by atoms with Crippen molar-refractivity contribution in [2.24, 2.45) is 0 Å². The standard InChI is InChI=1S/C13H13BrN2O3S2/c14-10-5-8(6-17)1-4-12(10)21(18,19)16-13-15-11(7-20-13)9-2-3-9/h1,4-5,7,9,17H,2-3,6H2,(H,15,16). The summed E-state index contributed by atoms with van der Waals surface area (Å²) in [7, 11) is -3.69. The second-order valence-corrected chi connectivity index (χ2v) is 8.24. The average molecular weight is 389 g/mol. The molecule has 0 atom stereocenters. The summed E-state index contributed by atoms with van der Waals surface area (Å²) in [5, 5.41) is 11.3. The first kappa shape index (κ1) is 15.0. The highest BCUT2D eigenvalue weighted by Crippen LogP contribution is 2.41. The maximum Gasteiger partial charge on any atom is 0.264 e. The predicted molar refractivity (Wildman–Crippen MR) is 85.0 cm³/mol. The number of thiazole rings is 1. The SMILES string of the molecule is O=S(=O)(Nc1nc(C2CC2)cs1)c1ccc(CO)cc1Br. The van der Waals surface area contributed by atoms with Crippen molar-refractivity contribution in [1.82, 2.24) is 4.98 Å². The highest BCUT2D eigenvalue weighted by molar-refractivity contribution is 9.10. The summed E-state index contributed by atoms with van der Waals surface area (Å²) in [4.78, 5) is 4.45. The molecule has 3 rings (SSSR count). The van der Waals surface area contributed by atoms with Gasteiger partial charge in [0.25, 0.3) is 10.0 Å². The van der Waals surface area contributed by atoms with E-state index in [4.69, 9.17) is 5.11 Å². The summed E-state index contributed by atoms with van der Waals surface area (Å²) in [5.74, 6) is 0.495. The summed E-state index contributed by atoms with van der Waals surface area (Å²) < 4.78 is 27.7. The molecule has 0 radical (unpaired) electrons. The zero-order chi connectivity index (χ0) is 15.0. The van der Waals surface area contributed by atoms with Crippen LogP contribution < -0.4 is 4.72 Å². The Morgan fingerprint density at radius 3 is 2.81 bits per heavy atom. The molecule has 0 spiro atoms. The Hall–Kier alpha value is -0.960. The van der Waals surface area contributed by atoms with Gasteiger partial charge in [-0.2, -0.15) is 0 Å². The minimum Gasteiger partial charge on any atom is -0.392 e. The van der Waals surface area contributed by atoms with Gasteiger partial charge in [-0.25, -0.2) is 13.4 Å². The molecule has 2 N–H and O–H groups in total. The molecule has 0 unspecified atom stereocenters.